The Balaban J connectivity index is 1.78. The van der Waals surface area contributed by atoms with Crippen LogP contribution >= 0.6 is 0 Å². The molecule has 1 aromatic heterocycles. The van der Waals surface area contributed by atoms with Crippen molar-refractivity contribution in [1.29, 1.82) is 0 Å². The molecular formula is C24H29F5O6. The minimum absolute atomic E-state index is 0.0855. The third-order valence-electron chi connectivity index (χ3n) is 5.31. The monoisotopic (exact) mass is 508 g/mol. The van der Waals surface area contributed by atoms with Gasteiger partial charge in [-0.1, -0.05) is 39.5 Å². The summed E-state index contributed by atoms with van der Waals surface area (Å²) in [6.07, 6.45) is -5.37. The average molecular weight is 508 g/mol. The normalized spacial score (nSPS) is 13.0. The highest BCUT2D eigenvalue weighted by Gasteiger charge is 2.61. The first-order valence-electron chi connectivity index (χ1n) is 11.5. The van der Waals surface area contributed by atoms with Crippen molar-refractivity contribution in [1.82, 2.24) is 0 Å². The number of carbonyl (C=O) groups excluding carboxylic acids is 1. The molecule has 1 heterocycles. The maximum absolute atomic E-state index is 13.1. The average Bonchev–Trinajstić information content (AvgIpc) is 2.78. The van der Waals surface area contributed by atoms with Crippen LogP contribution in [-0.2, 0) is 9.53 Å². The van der Waals surface area contributed by atoms with Crippen LogP contribution in [0, 0.1) is 5.92 Å². The van der Waals surface area contributed by atoms with Crippen LogP contribution in [-0.4, -0.2) is 31.5 Å². The summed E-state index contributed by atoms with van der Waals surface area (Å²) in [5.41, 5.74) is -1.08. The van der Waals surface area contributed by atoms with Gasteiger partial charge in [0.15, 0.2) is 0 Å². The molecule has 35 heavy (non-hydrogen) atoms. The van der Waals surface area contributed by atoms with Gasteiger partial charge < -0.3 is 18.6 Å². The fourth-order valence-corrected chi connectivity index (χ4v) is 3.08. The maximum Gasteiger partial charge on any atom is 0.499 e. The Labute approximate surface area is 199 Å². The molecule has 0 saturated carbocycles. The number of benzene rings is 1. The molecule has 0 bridgehead atoms. The molecule has 0 aliphatic heterocycles. The molecule has 0 N–H and O–H groups in total. The van der Waals surface area contributed by atoms with Gasteiger partial charge in [-0.3, -0.25) is 4.79 Å². The summed E-state index contributed by atoms with van der Waals surface area (Å²) in [5.74, 6) is -0.934. The highest BCUT2D eigenvalue weighted by Crippen LogP contribution is 2.38. The molecule has 0 fully saturated rings. The SMILES string of the molecule is CCC(C)C(=O)OCCCCCCCCOc1cc(=O)oc2cc(OC(F)(F)C(F)(F)F)ccc12. The lowest BCUT2D eigenvalue weighted by Crippen LogP contribution is -2.41. The minimum atomic E-state index is -5.89. The first kappa shape index (κ1) is 28.4. The summed E-state index contributed by atoms with van der Waals surface area (Å²) < 4.78 is 82.7. The van der Waals surface area contributed by atoms with Crippen LogP contribution in [0.1, 0.15) is 58.8 Å². The van der Waals surface area contributed by atoms with Gasteiger partial charge in [-0.15, -0.1) is 0 Å². The van der Waals surface area contributed by atoms with Gasteiger partial charge >= 0.3 is 23.9 Å². The van der Waals surface area contributed by atoms with E-state index < -0.39 is 23.7 Å². The van der Waals surface area contributed by atoms with Gasteiger partial charge in [0.1, 0.15) is 17.1 Å². The molecule has 0 aliphatic carbocycles. The van der Waals surface area contributed by atoms with E-state index in [0.717, 1.165) is 56.7 Å². The predicted molar refractivity (Wildman–Crippen MR) is 118 cm³/mol. The first-order chi connectivity index (χ1) is 16.4. The van der Waals surface area contributed by atoms with E-state index in [1.165, 1.54) is 6.07 Å². The largest absolute Gasteiger partial charge is 0.499 e. The van der Waals surface area contributed by atoms with E-state index in [9.17, 15) is 31.5 Å². The number of hydrogen-bond acceptors (Lipinski definition) is 6. The Morgan fingerprint density at radius 3 is 2.23 bits per heavy atom. The van der Waals surface area contributed by atoms with E-state index in [-0.39, 0.29) is 35.2 Å². The van der Waals surface area contributed by atoms with Gasteiger partial charge in [-0.25, -0.2) is 4.79 Å². The Bertz CT molecular complexity index is 1020. The van der Waals surface area contributed by atoms with Gasteiger partial charge in [-0.2, -0.15) is 22.0 Å². The zero-order valence-corrected chi connectivity index (χ0v) is 19.6. The van der Waals surface area contributed by atoms with Crippen molar-refractivity contribution >= 4 is 16.9 Å². The van der Waals surface area contributed by atoms with Gasteiger partial charge in [0.2, 0.25) is 0 Å². The van der Waals surface area contributed by atoms with Crippen LogP contribution in [0.5, 0.6) is 11.5 Å². The van der Waals surface area contributed by atoms with Gasteiger partial charge in [0, 0.05) is 6.07 Å². The number of rotatable bonds is 14. The van der Waals surface area contributed by atoms with Crippen molar-refractivity contribution < 1.29 is 45.4 Å². The van der Waals surface area contributed by atoms with E-state index in [4.69, 9.17) is 13.9 Å². The topological polar surface area (TPSA) is 75.0 Å². The summed E-state index contributed by atoms with van der Waals surface area (Å²) in [4.78, 5) is 23.3. The van der Waals surface area contributed by atoms with Crippen LogP contribution in [0.2, 0.25) is 0 Å². The zero-order chi connectivity index (χ0) is 26.1. The summed E-state index contributed by atoms with van der Waals surface area (Å²) >= 11 is 0. The zero-order valence-electron chi connectivity index (χ0n) is 19.6. The number of esters is 1. The molecule has 2 aromatic rings. The van der Waals surface area contributed by atoms with Crippen molar-refractivity contribution in [2.75, 3.05) is 13.2 Å². The molecule has 2 rings (SSSR count). The van der Waals surface area contributed by atoms with E-state index in [2.05, 4.69) is 4.74 Å². The molecule has 1 atom stereocenters. The number of fused-ring (bicyclic) bond motifs is 1. The van der Waals surface area contributed by atoms with Crippen LogP contribution in [0.25, 0.3) is 11.0 Å². The Morgan fingerprint density at radius 1 is 0.971 bits per heavy atom. The molecule has 0 radical (unpaired) electrons. The number of unbranched alkanes of at least 4 members (excludes halogenated alkanes) is 5. The second-order valence-corrected chi connectivity index (χ2v) is 8.15. The summed E-state index contributed by atoms with van der Waals surface area (Å²) in [5, 5.41) is 0.235. The minimum Gasteiger partial charge on any atom is -0.493 e. The van der Waals surface area contributed by atoms with E-state index >= 15 is 0 Å². The van der Waals surface area contributed by atoms with Gasteiger partial charge in [-0.05, 0) is 31.4 Å². The lowest BCUT2D eigenvalue weighted by atomic mass is 10.1. The van der Waals surface area contributed by atoms with Gasteiger partial charge in [0.25, 0.3) is 0 Å². The number of hydrogen-bond donors (Lipinski definition) is 0. The molecule has 0 saturated heterocycles. The Morgan fingerprint density at radius 2 is 1.60 bits per heavy atom. The number of carbonyl (C=O) groups is 1. The number of alkyl halides is 5. The van der Waals surface area contributed by atoms with E-state index in [1.54, 1.807) is 0 Å². The quantitative estimate of drug-likeness (QED) is 0.123. The molecule has 1 aromatic carbocycles. The lowest BCUT2D eigenvalue weighted by Gasteiger charge is -2.20. The molecule has 0 aliphatic rings. The second kappa shape index (κ2) is 12.7. The Hall–Kier alpha value is -2.85. The van der Waals surface area contributed by atoms with Crippen molar-refractivity contribution in [3.05, 3.63) is 34.7 Å². The van der Waals surface area contributed by atoms with Crippen LogP contribution in [0.15, 0.2) is 33.5 Å². The molecule has 196 valence electrons. The molecule has 6 nitrogen and oxygen atoms in total. The van der Waals surface area contributed by atoms with E-state index in [0.29, 0.717) is 13.0 Å². The van der Waals surface area contributed by atoms with Crippen molar-refractivity contribution in [2.24, 2.45) is 5.92 Å². The molecule has 0 amide bonds. The van der Waals surface area contributed by atoms with Crippen molar-refractivity contribution in [3.8, 4) is 11.5 Å². The predicted octanol–water partition coefficient (Wildman–Crippen LogP) is 6.64. The van der Waals surface area contributed by atoms with Crippen LogP contribution < -0.4 is 15.1 Å². The smallest absolute Gasteiger partial charge is 0.493 e. The van der Waals surface area contributed by atoms with E-state index in [1.807, 2.05) is 13.8 Å². The maximum atomic E-state index is 13.1. The molecular weight excluding hydrogens is 479 g/mol. The highest BCUT2D eigenvalue weighted by atomic mass is 19.4. The lowest BCUT2D eigenvalue weighted by molar-refractivity contribution is -0.360. The fourth-order valence-electron chi connectivity index (χ4n) is 3.08. The summed E-state index contributed by atoms with van der Waals surface area (Å²) in [6, 6.07) is 3.95. The number of halogens is 5. The molecule has 0 spiro atoms. The van der Waals surface area contributed by atoms with Crippen LogP contribution in [0.3, 0.4) is 0 Å². The first-order valence-corrected chi connectivity index (χ1v) is 11.5. The second-order valence-electron chi connectivity index (χ2n) is 8.15. The van der Waals surface area contributed by atoms with Crippen LogP contribution in [0.4, 0.5) is 22.0 Å². The molecule has 11 heteroatoms. The molecule has 1 unspecified atom stereocenters. The standard InChI is InChI=1S/C24H29F5O6/c1-3-16(2)22(31)33-13-9-7-5-4-6-8-12-32-19-15-21(30)34-20-14-17(10-11-18(19)20)35-24(28,29)23(25,26)27/h10-11,14-16H,3-9,12-13H2,1-2H3. The third kappa shape index (κ3) is 8.70. The highest BCUT2D eigenvalue weighted by molar-refractivity contribution is 5.84. The summed E-state index contributed by atoms with van der Waals surface area (Å²) in [6.45, 7) is 4.45. The van der Waals surface area contributed by atoms with Gasteiger partial charge in [0.05, 0.1) is 30.6 Å². The number of ether oxygens (including phenoxy) is 3. The summed E-state index contributed by atoms with van der Waals surface area (Å²) in [7, 11) is 0. The fraction of sp³-hybridized carbons (Fsp3) is 0.583. The van der Waals surface area contributed by atoms with Crippen molar-refractivity contribution in [3.63, 3.8) is 0 Å². The Kier molecular flexibility index (Phi) is 10.3. The van der Waals surface area contributed by atoms with Crippen molar-refractivity contribution in [2.45, 2.75) is 71.1 Å². The third-order valence-corrected chi connectivity index (χ3v) is 5.31.